The molecule has 0 aliphatic carbocycles. The van der Waals surface area contributed by atoms with Gasteiger partial charge in [0, 0.05) is 5.69 Å². The lowest BCUT2D eigenvalue weighted by Crippen LogP contribution is -2.21. The second kappa shape index (κ2) is 8.91. The van der Waals surface area contributed by atoms with E-state index in [4.69, 9.17) is 0 Å². The third-order valence-electron chi connectivity index (χ3n) is 5.39. The van der Waals surface area contributed by atoms with Gasteiger partial charge in [0.15, 0.2) is 5.16 Å². The number of nitrogens with one attached hydrogen (secondary N) is 1. The highest BCUT2D eigenvalue weighted by Gasteiger charge is 2.18. The number of anilines is 1. The van der Waals surface area contributed by atoms with Gasteiger partial charge in [-0.3, -0.25) is 14.0 Å². The summed E-state index contributed by atoms with van der Waals surface area (Å²) in [6.45, 7) is 2.09. The van der Waals surface area contributed by atoms with Gasteiger partial charge in [0.05, 0.1) is 22.3 Å². The van der Waals surface area contributed by atoms with Gasteiger partial charge in [-0.15, -0.1) is 10.2 Å². The Bertz CT molecular complexity index is 1510. The summed E-state index contributed by atoms with van der Waals surface area (Å²) in [6.07, 6.45) is 0.950. The quantitative estimate of drug-likeness (QED) is 0.386. The van der Waals surface area contributed by atoms with Crippen LogP contribution in [0, 0.1) is 0 Å². The third kappa shape index (κ3) is 4.01. The van der Waals surface area contributed by atoms with Crippen molar-refractivity contribution in [2.45, 2.75) is 18.5 Å². The molecule has 0 atom stereocenters. The Balaban J connectivity index is 1.50. The fraction of sp³-hybridized carbons (Fsp3) is 0.120. The first kappa shape index (κ1) is 21.0. The van der Waals surface area contributed by atoms with Crippen molar-refractivity contribution >= 4 is 40.0 Å². The van der Waals surface area contributed by atoms with Crippen molar-refractivity contribution in [3.05, 3.63) is 94.8 Å². The van der Waals surface area contributed by atoms with E-state index in [-0.39, 0.29) is 17.2 Å². The Morgan fingerprint density at radius 3 is 2.42 bits per heavy atom. The first-order valence-corrected chi connectivity index (χ1v) is 11.6. The van der Waals surface area contributed by atoms with Crippen molar-refractivity contribution in [2.75, 3.05) is 11.1 Å². The van der Waals surface area contributed by atoms with Gasteiger partial charge < -0.3 is 5.32 Å². The van der Waals surface area contributed by atoms with Gasteiger partial charge in [0.2, 0.25) is 11.7 Å². The van der Waals surface area contributed by atoms with Crippen LogP contribution in [-0.4, -0.2) is 30.8 Å². The predicted octanol–water partition coefficient (Wildman–Crippen LogP) is 4.33. The SMILES string of the molecule is CCc1ccc(NC(=O)CSc2nnc3n(-c4ccccc4)c(=O)c4ccccc4n23)cc1. The molecule has 7 nitrogen and oxygen atoms in total. The molecule has 0 saturated heterocycles. The fourth-order valence-corrected chi connectivity index (χ4v) is 4.47. The molecule has 33 heavy (non-hydrogen) atoms. The molecule has 0 saturated carbocycles. The van der Waals surface area contributed by atoms with E-state index >= 15 is 0 Å². The highest BCUT2D eigenvalue weighted by atomic mass is 32.2. The van der Waals surface area contributed by atoms with Crippen molar-refractivity contribution in [1.29, 1.82) is 0 Å². The van der Waals surface area contributed by atoms with Gasteiger partial charge in [0.25, 0.3) is 5.56 Å². The van der Waals surface area contributed by atoms with E-state index in [2.05, 4.69) is 22.4 Å². The summed E-state index contributed by atoms with van der Waals surface area (Å²) in [6, 6.07) is 24.5. The summed E-state index contributed by atoms with van der Waals surface area (Å²) in [5, 5.41) is 12.6. The van der Waals surface area contributed by atoms with Crippen LogP contribution in [0.2, 0.25) is 0 Å². The Hall–Kier alpha value is -3.91. The summed E-state index contributed by atoms with van der Waals surface area (Å²) in [7, 11) is 0. The Kier molecular flexibility index (Phi) is 5.66. The zero-order valence-electron chi connectivity index (χ0n) is 17.9. The maximum Gasteiger partial charge on any atom is 0.267 e. The van der Waals surface area contributed by atoms with Crippen molar-refractivity contribution < 1.29 is 4.79 Å². The standard InChI is InChI=1S/C25H21N5O2S/c1-2-17-12-14-18(15-13-17)26-22(31)16-33-25-28-27-24-29(19-8-4-3-5-9-19)23(32)20-10-6-7-11-21(20)30(24)25/h3-15H,2,16H2,1H3,(H,26,31). The lowest BCUT2D eigenvalue weighted by Gasteiger charge is -2.11. The topological polar surface area (TPSA) is 81.3 Å². The molecule has 0 radical (unpaired) electrons. The highest BCUT2D eigenvalue weighted by molar-refractivity contribution is 7.99. The van der Waals surface area contributed by atoms with Gasteiger partial charge in [-0.1, -0.05) is 61.2 Å². The molecule has 1 N–H and O–H groups in total. The molecule has 2 aromatic heterocycles. The predicted molar refractivity (Wildman–Crippen MR) is 131 cm³/mol. The largest absolute Gasteiger partial charge is 0.325 e. The van der Waals surface area contributed by atoms with Crippen molar-refractivity contribution in [3.8, 4) is 5.69 Å². The number of para-hydroxylation sites is 2. The Morgan fingerprint density at radius 1 is 0.939 bits per heavy atom. The van der Waals surface area contributed by atoms with Crippen molar-refractivity contribution in [2.24, 2.45) is 0 Å². The van der Waals surface area contributed by atoms with Crippen LogP contribution >= 0.6 is 11.8 Å². The number of carbonyl (C=O) groups is 1. The fourth-order valence-electron chi connectivity index (χ4n) is 3.73. The van der Waals surface area contributed by atoms with E-state index in [0.29, 0.717) is 27.5 Å². The van der Waals surface area contributed by atoms with E-state index in [0.717, 1.165) is 12.1 Å². The third-order valence-corrected chi connectivity index (χ3v) is 6.32. The number of carbonyl (C=O) groups excluding carboxylic acids is 1. The molecule has 0 aliphatic heterocycles. The van der Waals surface area contributed by atoms with Crippen LogP contribution in [0.15, 0.2) is 88.8 Å². The summed E-state index contributed by atoms with van der Waals surface area (Å²) in [5.41, 5.74) is 3.21. The van der Waals surface area contributed by atoms with Crippen LogP contribution in [0.5, 0.6) is 0 Å². The van der Waals surface area contributed by atoms with Crippen LogP contribution in [0.4, 0.5) is 5.69 Å². The van der Waals surface area contributed by atoms with E-state index in [1.54, 1.807) is 10.6 Å². The molecule has 1 amide bonds. The lowest BCUT2D eigenvalue weighted by atomic mass is 10.1. The van der Waals surface area contributed by atoms with Gasteiger partial charge in [-0.2, -0.15) is 0 Å². The van der Waals surface area contributed by atoms with Crippen LogP contribution in [0.1, 0.15) is 12.5 Å². The number of benzene rings is 3. The van der Waals surface area contributed by atoms with Gasteiger partial charge in [0.1, 0.15) is 0 Å². The van der Waals surface area contributed by atoms with E-state index < -0.39 is 0 Å². The summed E-state index contributed by atoms with van der Waals surface area (Å²) >= 11 is 1.28. The first-order chi connectivity index (χ1) is 16.2. The van der Waals surface area contributed by atoms with Crippen LogP contribution in [0.25, 0.3) is 22.4 Å². The number of thioether (sulfide) groups is 1. The Morgan fingerprint density at radius 2 is 1.67 bits per heavy atom. The molecular formula is C25H21N5O2S. The number of aryl methyl sites for hydroxylation is 1. The van der Waals surface area contributed by atoms with Crippen LogP contribution in [-0.2, 0) is 11.2 Å². The molecule has 2 heterocycles. The number of hydrogen-bond donors (Lipinski definition) is 1. The number of aromatic nitrogens is 4. The maximum absolute atomic E-state index is 13.3. The zero-order chi connectivity index (χ0) is 22.8. The molecule has 5 aromatic rings. The van der Waals surface area contributed by atoms with Gasteiger partial charge >= 0.3 is 0 Å². The number of hydrogen-bond acceptors (Lipinski definition) is 5. The molecule has 0 fully saturated rings. The van der Waals surface area contributed by atoms with Crippen molar-refractivity contribution in [3.63, 3.8) is 0 Å². The minimum absolute atomic E-state index is 0.137. The molecular weight excluding hydrogens is 434 g/mol. The molecule has 0 aliphatic rings. The lowest BCUT2D eigenvalue weighted by molar-refractivity contribution is -0.113. The second-order valence-corrected chi connectivity index (χ2v) is 8.44. The molecule has 0 bridgehead atoms. The first-order valence-electron chi connectivity index (χ1n) is 10.6. The zero-order valence-corrected chi connectivity index (χ0v) is 18.7. The van der Waals surface area contributed by atoms with E-state index in [9.17, 15) is 9.59 Å². The van der Waals surface area contributed by atoms with Crippen molar-refractivity contribution in [1.82, 2.24) is 19.2 Å². The summed E-state index contributed by atoms with van der Waals surface area (Å²) in [5.74, 6) is 0.430. The van der Waals surface area contributed by atoms with Crippen LogP contribution in [0.3, 0.4) is 0 Å². The van der Waals surface area contributed by atoms with Gasteiger partial charge in [-0.25, -0.2) is 4.57 Å². The molecule has 3 aromatic carbocycles. The second-order valence-electron chi connectivity index (χ2n) is 7.50. The molecule has 0 spiro atoms. The molecule has 8 heteroatoms. The minimum atomic E-state index is -0.165. The monoisotopic (exact) mass is 455 g/mol. The molecule has 0 unspecified atom stereocenters. The van der Waals surface area contributed by atoms with Gasteiger partial charge in [-0.05, 0) is 48.4 Å². The molecule has 5 rings (SSSR count). The highest BCUT2D eigenvalue weighted by Crippen LogP contribution is 2.23. The smallest absolute Gasteiger partial charge is 0.267 e. The van der Waals surface area contributed by atoms with E-state index in [1.807, 2.05) is 77.2 Å². The Labute approximate surface area is 194 Å². The normalized spacial score (nSPS) is 11.2. The maximum atomic E-state index is 13.3. The number of fused-ring (bicyclic) bond motifs is 3. The van der Waals surface area contributed by atoms with E-state index in [1.165, 1.54) is 17.3 Å². The van der Waals surface area contributed by atoms with Crippen LogP contribution < -0.4 is 10.9 Å². The number of amides is 1. The number of rotatable bonds is 6. The minimum Gasteiger partial charge on any atom is -0.325 e. The number of nitrogens with zero attached hydrogens (tertiary/aromatic N) is 4. The average molecular weight is 456 g/mol. The average Bonchev–Trinajstić information content (AvgIpc) is 3.28. The summed E-state index contributed by atoms with van der Waals surface area (Å²) < 4.78 is 3.38. The molecule has 164 valence electrons. The summed E-state index contributed by atoms with van der Waals surface area (Å²) in [4.78, 5) is 25.8.